The Bertz CT molecular complexity index is 554. The lowest BCUT2D eigenvalue weighted by Crippen LogP contribution is -2.25. The fourth-order valence-electron chi connectivity index (χ4n) is 2.32. The van der Waals surface area contributed by atoms with Crippen LogP contribution in [0, 0.1) is 0 Å². The predicted octanol–water partition coefficient (Wildman–Crippen LogP) is 2.96. The predicted molar refractivity (Wildman–Crippen MR) is 86.4 cm³/mol. The van der Waals surface area contributed by atoms with Crippen LogP contribution < -0.4 is 15.8 Å². The minimum atomic E-state index is 0.173. The SMILES string of the molecule is CCCNC(Cc1ccc(OC)cc1)c1cnccc1N. The normalized spacial score (nSPS) is 12.1. The molecular formula is C17H23N3O. The zero-order valence-electron chi connectivity index (χ0n) is 12.7. The third-order valence-corrected chi connectivity index (χ3v) is 3.50. The first-order valence-corrected chi connectivity index (χ1v) is 7.30. The van der Waals surface area contributed by atoms with E-state index >= 15 is 0 Å². The van der Waals surface area contributed by atoms with Gasteiger partial charge in [-0.15, -0.1) is 0 Å². The first-order valence-electron chi connectivity index (χ1n) is 7.30. The molecule has 21 heavy (non-hydrogen) atoms. The van der Waals surface area contributed by atoms with Crippen LogP contribution in [-0.4, -0.2) is 18.6 Å². The highest BCUT2D eigenvalue weighted by Gasteiger charge is 2.14. The van der Waals surface area contributed by atoms with E-state index in [-0.39, 0.29) is 6.04 Å². The monoisotopic (exact) mass is 285 g/mol. The molecule has 2 rings (SSSR count). The standard InChI is InChI=1S/C17H23N3O/c1-3-9-20-17(15-12-19-10-8-16(15)18)11-13-4-6-14(21-2)7-5-13/h4-8,10,12,17,20H,3,9,11H2,1-2H3,(H2,18,19). The van der Waals surface area contributed by atoms with Crippen LogP contribution >= 0.6 is 0 Å². The number of hydrogen-bond donors (Lipinski definition) is 2. The Labute approximate surface area is 126 Å². The van der Waals surface area contributed by atoms with Crippen molar-refractivity contribution < 1.29 is 4.74 Å². The second kappa shape index (κ2) is 7.64. The fraction of sp³-hybridized carbons (Fsp3) is 0.353. The number of hydrogen-bond acceptors (Lipinski definition) is 4. The smallest absolute Gasteiger partial charge is 0.118 e. The molecule has 1 aromatic heterocycles. The molecule has 4 heteroatoms. The quantitative estimate of drug-likeness (QED) is 0.821. The van der Waals surface area contributed by atoms with E-state index in [1.54, 1.807) is 13.3 Å². The Hall–Kier alpha value is -2.07. The summed E-state index contributed by atoms with van der Waals surface area (Å²) in [6.07, 6.45) is 5.54. The maximum Gasteiger partial charge on any atom is 0.118 e. The molecule has 1 heterocycles. The number of aromatic nitrogens is 1. The van der Waals surface area contributed by atoms with Crippen LogP contribution in [0.3, 0.4) is 0 Å². The molecule has 0 aliphatic rings. The molecule has 1 unspecified atom stereocenters. The molecule has 0 saturated heterocycles. The van der Waals surface area contributed by atoms with Gasteiger partial charge in [0.1, 0.15) is 5.75 Å². The zero-order valence-corrected chi connectivity index (χ0v) is 12.7. The van der Waals surface area contributed by atoms with Gasteiger partial charge in [0.2, 0.25) is 0 Å². The van der Waals surface area contributed by atoms with Crippen molar-refractivity contribution in [3.63, 3.8) is 0 Å². The summed E-state index contributed by atoms with van der Waals surface area (Å²) in [5.41, 5.74) is 9.18. The number of methoxy groups -OCH3 is 1. The molecule has 2 aromatic rings. The summed E-state index contributed by atoms with van der Waals surface area (Å²) in [7, 11) is 1.68. The largest absolute Gasteiger partial charge is 0.497 e. The minimum absolute atomic E-state index is 0.173. The molecule has 0 amide bonds. The Kier molecular flexibility index (Phi) is 5.58. The second-order valence-electron chi connectivity index (χ2n) is 5.06. The first kappa shape index (κ1) is 15.3. The van der Waals surface area contributed by atoms with Crippen LogP contribution in [0.4, 0.5) is 5.69 Å². The van der Waals surface area contributed by atoms with Crippen LogP contribution in [0.5, 0.6) is 5.75 Å². The van der Waals surface area contributed by atoms with Crippen LogP contribution in [0.25, 0.3) is 0 Å². The van der Waals surface area contributed by atoms with E-state index in [1.807, 2.05) is 24.4 Å². The van der Waals surface area contributed by atoms with Gasteiger partial charge in [0.15, 0.2) is 0 Å². The fourth-order valence-corrected chi connectivity index (χ4v) is 2.32. The molecule has 0 aliphatic heterocycles. The second-order valence-corrected chi connectivity index (χ2v) is 5.06. The molecule has 0 saturated carbocycles. The lowest BCUT2D eigenvalue weighted by atomic mass is 9.98. The first-order chi connectivity index (χ1) is 10.2. The highest BCUT2D eigenvalue weighted by molar-refractivity contribution is 5.46. The topological polar surface area (TPSA) is 60.2 Å². The van der Waals surface area contributed by atoms with Gasteiger partial charge in [-0.3, -0.25) is 4.98 Å². The molecule has 4 nitrogen and oxygen atoms in total. The van der Waals surface area contributed by atoms with E-state index in [1.165, 1.54) is 5.56 Å². The van der Waals surface area contributed by atoms with E-state index in [9.17, 15) is 0 Å². The Morgan fingerprint density at radius 2 is 2.00 bits per heavy atom. The molecular weight excluding hydrogens is 262 g/mol. The number of nitrogen functional groups attached to an aromatic ring is 1. The molecule has 3 N–H and O–H groups in total. The summed E-state index contributed by atoms with van der Waals surface area (Å²) >= 11 is 0. The minimum Gasteiger partial charge on any atom is -0.497 e. The molecule has 1 aromatic carbocycles. The summed E-state index contributed by atoms with van der Waals surface area (Å²) in [5, 5.41) is 3.55. The highest BCUT2D eigenvalue weighted by Crippen LogP contribution is 2.24. The van der Waals surface area contributed by atoms with Gasteiger partial charge >= 0.3 is 0 Å². The van der Waals surface area contributed by atoms with E-state index < -0.39 is 0 Å². The van der Waals surface area contributed by atoms with Crippen molar-refractivity contribution in [1.82, 2.24) is 10.3 Å². The number of anilines is 1. The van der Waals surface area contributed by atoms with Crippen molar-refractivity contribution in [2.75, 3.05) is 19.4 Å². The third kappa shape index (κ3) is 4.20. The molecule has 0 fully saturated rings. The average Bonchev–Trinajstić information content (AvgIpc) is 2.53. The number of benzene rings is 1. The van der Waals surface area contributed by atoms with Gasteiger partial charge < -0.3 is 15.8 Å². The molecule has 1 atom stereocenters. The number of ether oxygens (including phenoxy) is 1. The summed E-state index contributed by atoms with van der Waals surface area (Å²) in [5.74, 6) is 0.873. The Morgan fingerprint density at radius 3 is 2.62 bits per heavy atom. The van der Waals surface area contributed by atoms with Gasteiger partial charge in [0, 0.05) is 29.7 Å². The van der Waals surface area contributed by atoms with Gasteiger partial charge in [-0.1, -0.05) is 19.1 Å². The summed E-state index contributed by atoms with van der Waals surface area (Å²) < 4.78 is 5.20. The number of nitrogens with two attached hydrogens (primary N) is 1. The van der Waals surface area contributed by atoms with Crippen LogP contribution in [-0.2, 0) is 6.42 Å². The van der Waals surface area contributed by atoms with E-state index in [0.717, 1.165) is 36.4 Å². The number of pyridine rings is 1. The van der Waals surface area contributed by atoms with Crippen LogP contribution in [0.2, 0.25) is 0 Å². The van der Waals surface area contributed by atoms with Gasteiger partial charge in [-0.2, -0.15) is 0 Å². The maximum absolute atomic E-state index is 6.09. The van der Waals surface area contributed by atoms with Crippen molar-refractivity contribution in [3.05, 3.63) is 53.9 Å². The average molecular weight is 285 g/mol. The zero-order chi connectivity index (χ0) is 15.1. The van der Waals surface area contributed by atoms with Crippen LogP contribution in [0.15, 0.2) is 42.7 Å². The molecule has 0 aliphatic carbocycles. The van der Waals surface area contributed by atoms with Crippen molar-refractivity contribution in [3.8, 4) is 5.75 Å². The van der Waals surface area contributed by atoms with Crippen molar-refractivity contribution in [2.45, 2.75) is 25.8 Å². The lowest BCUT2D eigenvalue weighted by molar-refractivity contribution is 0.414. The summed E-state index contributed by atoms with van der Waals surface area (Å²) in [6, 6.07) is 10.2. The van der Waals surface area contributed by atoms with Crippen LogP contribution in [0.1, 0.15) is 30.5 Å². The molecule has 112 valence electrons. The number of nitrogens with zero attached hydrogens (tertiary/aromatic N) is 1. The van der Waals surface area contributed by atoms with Gasteiger partial charge in [0.25, 0.3) is 0 Å². The highest BCUT2D eigenvalue weighted by atomic mass is 16.5. The van der Waals surface area contributed by atoms with Gasteiger partial charge in [0.05, 0.1) is 7.11 Å². The van der Waals surface area contributed by atoms with Crippen molar-refractivity contribution in [1.29, 1.82) is 0 Å². The maximum atomic E-state index is 6.09. The molecule has 0 spiro atoms. The number of nitrogens with one attached hydrogen (secondary N) is 1. The summed E-state index contributed by atoms with van der Waals surface area (Å²) in [6.45, 7) is 3.11. The number of rotatable bonds is 7. The van der Waals surface area contributed by atoms with E-state index in [2.05, 4.69) is 29.4 Å². The Morgan fingerprint density at radius 1 is 1.24 bits per heavy atom. The lowest BCUT2D eigenvalue weighted by Gasteiger charge is -2.20. The van der Waals surface area contributed by atoms with E-state index in [0.29, 0.717) is 0 Å². The third-order valence-electron chi connectivity index (χ3n) is 3.50. The van der Waals surface area contributed by atoms with Crippen molar-refractivity contribution in [2.24, 2.45) is 0 Å². The van der Waals surface area contributed by atoms with Gasteiger partial charge in [-0.05, 0) is 43.1 Å². The van der Waals surface area contributed by atoms with E-state index in [4.69, 9.17) is 10.5 Å². The molecule has 0 bridgehead atoms. The Balaban J connectivity index is 2.17. The van der Waals surface area contributed by atoms with Gasteiger partial charge in [-0.25, -0.2) is 0 Å². The van der Waals surface area contributed by atoms with Crippen molar-refractivity contribution >= 4 is 5.69 Å². The summed E-state index contributed by atoms with van der Waals surface area (Å²) in [4.78, 5) is 4.20. The molecule has 0 radical (unpaired) electrons.